The summed E-state index contributed by atoms with van der Waals surface area (Å²) in [5, 5.41) is 2.97. The number of amides is 1. The predicted molar refractivity (Wildman–Crippen MR) is 101 cm³/mol. The van der Waals surface area contributed by atoms with Gasteiger partial charge in [0.2, 0.25) is 5.91 Å². The van der Waals surface area contributed by atoms with Crippen molar-refractivity contribution in [3.05, 3.63) is 64.6 Å². The van der Waals surface area contributed by atoms with Gasteiger partial charge in [-0.3, -0.25) is 9.69 Å². The molecule has 1 aliphatic heterocycles. The highest BCUT2D eigenvalue weighted by molar-refractivity contribution is 9.10. The molecule has 3 atom stereocenters. The van der Waals surface area contributed by atoms with Crippen LogP contribution in [0, 0.1) is 0 Å². The van der Waals surface area contributed by atoms with Gasteiger partial charge in [0.05, 0.1) is 6.04 Å². The van der Waals surface area contributed by atoms with Crippen LogP contribution in [0.4, 0.5) is 5.69 Å². The fourth-order valence-electron chi connectivity index (χ4n) is 3.18. The zero-order chi connectivity index (χ0) is 17.1. The first-order valence-electron chi connectivity index (χ1n) is 8.15. The number of carbonyl (C=O) groups is 1. The SMILES string of the molecule is CC(C(=O)Nc1ccc(Br)cc1)N1C[C@@H](N)[C@H](c2ccccc2)C1. The highest BCUT2D eigenvalue weighted by atomic mass is 79.9. The molecular weight excluding hydrogens is 366 g/mol. The summed E-state index contributed by atoms with van der Waals surface area (Å²) in [6.07, 6.45) is 0. The molecule has 1 amide bonds. The standard InChI is InChI=1S/C19H22BrN3O/c1-13(19(24)22-16-9-7-15(20)8-10-16)23-11-17(18(21)12-23)14-5-3-2-4-6-14/h2-10,13,17-18H,11-12,21H2,1H3,(H,22,24)/t13?,17-,18+/m0/s1. The van der Waals surface area contributed by atoms with E-state index >= 15 is 0 Å². The molecule has 24 heavy (non-hydrogen) atoms. The number of hydrogen-bond acceptors (Lipinski definition) is 3. The summed E-state index contributed by atoms with van der Waals surface area (Å²) < 4.78 is 0.991. The molecule has 5 heteroatoms. The number of nitrogens with zero attached hydrogens (tertiary/aromatic N) is 1. The quantitative estimate of drug-likeness (QED) is 0.846. The lowest BCUT2D eigenvalue weighted by atomic mass is 9.95. The Morgan fingerprint density at radius 2 is 1.83 bits per heavy atom. The number of benzene rings is 2. The van der Waals surface area contributed by atoms with Gasteiger partial charge >= 0.3 is 0 Å². The Morgan fingerprint density at radius 1 is 1.17 bits per heavy atom. The Labute approximate surface area is 151 Å². The number of halogens is 1. The predicted octanol–water partition coefficient (Wildman–Crippen LogP) is 3.20. The molecular formula is C19H22BrN3O. The van der Waals surface area contributed by atoms with Crippen LogP contribution in [-0.4, -0.2) is 36.0 Å². The maximum Gasteiger partial charge on any atom is 0.241 e. The third kappa shape index (κ3) is 3.86. The summed E-state index contributed by atoms with van der Waals surface area (Å²) in [6, 6.07) is 17.7. The Kier molecular flexibility index (Phi) is 5.33. The highest BCUT2D eigenvalue weighted by Gasteiger charge is 2.35. The molecule has 3 rings (SSSR count). The van der Waals surface area contributed by atoms with Crippen LogP contribution in [-0.2, 0) is 4.79 Å². The molecule has 1 aliphatic rings. The number of rotatable bonds is 4. The van der Waals surface area contributed by atoms with Crippen molar-refractivity contribution < 1.29 is 4.79 Å². The number of carbonyl (C=O) groups excluding carboxylic acids is 1. The summed E-state index contributed by atoms with van der Waals surface area (Å²) in [4.78, 5) is 14.7. The van der Waals surface area contributed by atoms with Crippen LogP contribution >= 0.6 is 15.9 Å². The van der Waals surface area contributed by atoms with Gasteiger partial charge in [-0.25, -0.2) is 0 Å². The zero-order valence-corrected chi connectivity index (χ0v) is 15.2. The first-order valence-corrected chi connectivity index (χ1v) is 8.95. The zero-order valence-electron chi connectivity index (χ0n) is 13.7. The molecule has 3 N–H and O–H groups in total. The highest BCUT2D eigenvalue weighted by Crippen LogP contribution is 2.28. The smallest absolute Gasteiger partial charge is 0.241 e. The summed E-state index contributed by atoms with van der Waals surface area (Å²) in [7, 11) is 0. The Morgan fingerprint density at radius 3 is 2.50 bits per heavy atom. The minimum absolute atomic E-state index is 0.00164. The molecule has 0 saturated carbocycles. The van der Waals surface area contributed by atoms with E-state index in [9.17, 15) is 4.79 Å². The molecule has 4 nitrogen and oxygen atoms in total. The molecule has 1 fully saturated rings. The van der Waals surface area contributed by atoms with Crippen LogP contribution in [0.15, 0.2) is 59.1 Å². The van der Waals surface area contributed by atoms with E-state index < -0.39 is 0 Å². The lowest BCUT2D eigenvalue weighted by Crippen LogP contribution is -2.41. The second-order valence-corrected chi connectivity index (χ2v) is 7.22. The fraction of sp³-hybridized carbons (Fsp3) is 0.316. The molecule has 0 aliphatic carbocycles. The van der Waals surface area contributed by atoms with Gasteiger partial charge in [0.25, 0.3) is 0 Å². The summed E-state index contributed by atoms with van der Waals surface area (Å²) in [6.45, 7) is 3.48. The van der Waals surface area contributed by atoms with Crippen LogP contribution in [0.2, 0.25) is 0 Å². The van der Waals surface area contributed by atoms with Gasteiger partial charge in [0.1, 0.15) is 0 Å². The topological polar surface area (TPSA) is 58.4 Å². The first kappa shape index (κ1) is 17.1. The molecule has 2 aromatic carbocycles. The molecule has 0 aromatic heterocycles. The van der Waals surface area contributed by atoms with Crippen molar-refractivity contribution >= 4 is 27.5 Å². The maximum atomic E-state index is 12.5. The van der Waals surface area contributed by atoms with Crippen molar-refractivity contribution in [3.63, 3.8) is 0 Å². The average Bonchev–Trinajstić information content (AvgIpc) is 2.99. The van der Waals surface area contributed by atoms with Gasteiger partial charge < -0.3 is 11.1 Å². The molecule has 0 bridgehead atoms. The van der Waals surface area contributed by atoms with Gasteiger partial charge in [-0.1, -0.05) is 46.3 Å². The third-order valence-electron chi connectivity index (χ3n) is 4.66. The second-order valence-electron chi connectivity index (χ2n) is 6.31. The van der Waals surface area contributed by atoms with E-state index in [1.165, 1.54) is 5.56 Å². The van der Waals surface area contributed by atoms with Crippen LogP contribution in [0.25, 0.3) is 0 Å². The van der Waals surface area contributed by atoms with Gasteiger partial charge in [-0.2, -0.15) is 0 Å². The monoisotopic (exact) mass is 387 g/mol. The van der Waals surface area contributed by atoms with Crippen molar-refractivity contribution in [3.8, 4) is 0 Å². The normalized spacial score (nSPS) is 22.3. The van der Waals surface area contributed by atoms with Crippen molar-refractivity contribution in [1.29, 1.82) is 0 Å². The molecule has 0 spiro atoms. The largest absolute Gasteiger partial charge is 0.326 e. The molecule has 126 valence electrons. The number of hydrogen-bond donors (Lipinski definition) is 2. The van der Waals surface area contributed by atoms with E-state index in [1.54, 1.807) is 0 Å². The van der Waals surface area contributed by atoms with Crippen LogP contribution in [0.1, 0.15) is 18.4 Å². The maximum absolute atomic E-state index is 12.5. The van der Waals surface area contributed by atoms with E-state index in [1.807, 2.05) is 49.4 Å². The van der Waals surface area contributed by atoms with Crippen LogP contribution < -0.4 is 11.1 Å². The van der Waals surface area contributed by atoms with E-state index in [4.69, 9.17) is 5.73 Å². The summed E-state index contributed by atoms with van der Waals surface area (Å²) in [5.74, 6) is 0.271. The van der Waals surface area contributed by atoms with Gasteiger partial charge in [0.15, 0.2) is 0 Å². The van der Waals surface area contributed by atoms with E-state index in [-0.39, 0.29) is 23.9 Å². The van der Waals surface area contributed by atoms with Crippen molar-refractivity contribution in [1.82, 2.24) is 4.90 Å². The fourth-order valence-corrected chi connectivity index (χ4v) is 3.44. The minimum Gasteiger partial charge on any atom is -0.326 e. The van der Waals surface area contributed by atoms with E-state index in [0.29, 0.717) is 0 Å². The Hall–Kier alpha value is -1.69. The summed E-state index contributed by atoms with van der Waals surface area (Å²) in [5.41, 5.74) is 8.38. The van der Waals surface area contributed by atoms with Gasteiger partial charge in [-0.05, 0) is 36.8 Å². The number of likely N-dealkylation sites (tertiary alicyclic amines) is 1. The first-order chi connectivity index (χ1) is 11.5. The van der Waals surface area contributed by atoms with Crippen molar-refractivity contribution in [2.45, 2.75) is 24.9 Å². The molecule has 0 radical (unpaired) electrons. The molecule has 1 heterocycles. The van der Waals surface area contributed by atoms with Gasteiger partial charge in [0, 0.05) is 35.2 Å². The molecule has 2 aromatic rings. The van der Waals surface area contributed by atoms with Crippen molar-refractivity contribution in [2.24, 2.45) is 5.73 Å². The van der Waals surface area contributed by atoms with Crippen molar-refractivity contribution in [2.75, 3.05) is 18.4 Å². The van der Waals surface area contributed by atoms with Crippen LogP contribution in [0.3, 0.4) is 0 Å². The number of anilines is 1. The Bertz CT molecular complexity index is 690. The molecule has 1 saturated heterocycles. The number of nitrogens with one attached hydrogen (secondary N) is 1. The van der Waals surface area contributed by atoms with Crippen LogP contribution in [0.5, 0.6) is 0 Å². The minimum atomic E-state index is -0.214. The summed E-state index contributed by atoms with van der Waals surface area (Å²) >= 11 is 3.40. The second kappa shape index (κ2) is 7.47. The van der Waals surface area contributed by atoms with E-state index in [2.05, 4.69) is 38.3 Å². The third-order valence-corrected chi connectivity index (χ3v) is 5.19. The lowest BCUT2D eigenvalue weighted by molar-refractivity contribution is -0.120. The van der Waals surface area contributed by atoms with Gasteiger partial charge in [-0.15, -0.1) is 0 Å². The molecule has 1 unspecified atom stereocenters. The lowest BCUT2D eigenvalue weighted by Gasteiger charge is -2.23. The number of nitrogens with two attached hydrogens (primary N) is 1. The Balaban J connectivity index is 1.64. The average molecular weight is 388 g/mol. The van der Waals surface area contributed by atoms with E-state index in [0.717, 1.165) is 23.2 Å².